The Balaban J connectivity index is 1.72. The van der Waals surface area contributed by atoms with E-state index in [0.717, 1.165) is 23.0 Å². The molecule has 1 atom stereocenters. The van der Waals surface area contributed by atoms with Gasteiger partial charge >= 0.3 is 5.97 Å². The molecule has 3 rings (SSSR count). The summed E-state index contributed by atoms with van der Waals surface area (Å²) in [5.41, 5.74) is 2.02. The number of esters is 1. The molecule has 138 valence electrons. The maximum Gasteiger partial charge on any atom is 0.327 e. The molecule has 0 bridgehead atoms. The van der Waals surface area contributed by atoms with Crippen molar-refractivity contribution in [3.8, 4) is 0 Å². The molecule has 7 heteroatoms. The summed E-state index contributed by atoms with van der Waals surface area (Å²) >= 11 is 5.18. The number of hydrogen-bond acceptors (Lipinski definition) is 5. The lowest BCUT2D eigenvalue weighted by Gasteiger charge is -2.31. The van der Waals surface area contributed by atoms with Crippen LogP contribution in [-0.4, -0.2) is 48.9 Å². The molecule has 0 saturated carbocycles. The number of thiophene rings is 1. The zero-order valence-electron chi connectivity index (χ0n) is 14.8. The number of fused-ring (bicyclic) bond motifs is 1. The maximum atomic E-state index is 12.8. The van der Waals surface area contributed by atoms with Crippen LogP contribution in [0.5, 0.6) is 0 Å². The van der Waals surface area contributed by atoms with Gasteiger partial charge < -0.3 is 9.64 Å². The number of benzene rings is 1. The van der Waals surface area contributed by atoms with Gasteiger partial charge in [-0.3, -0.25) is 9.69 Å². The van der Waals surface area contributed by atoms with E-state index in [1.807, 2.05) is 29.2 Å². The van der Waals surface area contributed by atoms with Crippen LogP contribution in [0.4, 0.5) is 0 Å². The van der Waals surface area contributed by atoms with Crippen molar-refractivity contribution in [1.29, 1.82) is 0 Å². The second-order valence-corrected chi connectivity index (χ2v) is 8.25. The first kappa shape index (κ1) is 19.1. The van der Waals surface area contributed by atoms with Crippen LogP contribution < -0.4 is 0 Å². The first-order valence-electron chi connectivity index (χ1n) is 8.36. The zero-order chi connectivity index (χ0) is 18.7. The molecule has 5 nitrogen and oxygen atoms in total. The predicted octanol–water partition coefficient (Wildman–Crippen LogP) is 3.24. The summed E-state index contributed by atoms with van der Waals surface area (Å²) in [5, 5.41) is 2.07. The third kappa shape index (κ3) is 4.16. The van der Waals surface area contributed by atoms with Crippen molar-refractivity contribution in [2.45, 2.75) is 19.0 Å². The number of amides is 1. The summed E-state index contributed by atoms with van der Waals surface area (Å²) < 4.78 is 5.85. The molecule has 0 spiro atoms. The Labute approximate surface area is 165 Å². The largest absolute Gasteiger partial charge is 0.468 e. The number of carbonyl (C=O) groups excluding carboxylic acids is 2. The average Bonchev–Trinajstić information content (AvgIpc) is 3.09. The molecule has 0 aliphatic carbocycles. The second kappa shape index (κ2) is 8.33. The summed E-state index contributed by atoms with van der Waals surface area (Å²) in [6.07, 6.45) is 0.897. The Kier molecular flexibility index (Phi) is 6.11. The van der Waals surface area contributed by atoms with Gasteiger partial charge in [0.2, 0.25) is 5.91 Å². The number of likely N-dealkylation sites (N-methyl/N-ethyl adjacent to an activating group) is 1. The molecule has 1 aliphatic rings. The molecule has 0 unspecified atom stereocenters. The van der Waals surface area contributed by atoms with Gasteiger partial charge in [0.15, 0.2) is 0 Å². The summed E-state index contributed by atoms with van der Waals surface area (Å²) in [5.74, 6) is -0.356. The van der Waals surface area contributed by atoms with Gasteiger partial charge in [-0.15, -0.1) is 11.3 Å². The molecule has 1 aromatic heterocycles. The van der Waals surface area contributed by atoms with Gasteiger partial charge in [0.25, 0.3) is 0 Å². The monoisotopic (exact) mass is 436 g/mol. The molecule has 0 N–H and O–H groups in total. The van der Waals surface area contributed by atoms with Gasteiger partial charge in [-0.2, -0.15) is 0 Å². The first-order valence-corrected chi connectivity index (χ1v) is 10.0. The summed E-state index contributed by atoms with van der Waals surface area (Å²) in [6.45, 7) is 1.52. The van der Waals surface area contributed by atoms with E-state index in [0.29, 0.717) is 6.54 Å². The van der Waals surface area contributed by atoms with Gasteiger partial charge in [0, 0.05) is 22.4 Å². The number of nitrogens with zero attached hydrogens (tertiary/aromatic N) is 2. The highest BCUT2D eigenvalue weighted by molar-refractivity contribution is 9.10. The van der Waals surface area contributed by atoms with Crippen molar-refractivity contribution in [1.82, 2.24) is 9.80 Å². The van der Waals surface area contributed by atoms with Crippen molar-refractivity contribution >= 4 is 39.1 Å². The van der Waals surface area contributed by atoms with Gasteiger partial charge in [-0.25, -0.2) is 4.79 Å². The van der Waals surface area contributed by atoms with Crippen molar-refractivity contribution in [2.75, 3.05) is 27.2 Å². The maximum absolute atomic E-state index is 12.8. The smallest absolute Gasteiger partial charge is 0.327 e. The number of hydrogen-bond donors (Lipinski definition) is 0. The molecule has 0 saturated heterocycles. The number of ether oxygens (including phenoxy) is 1. The van der Waals surface area contributed by atoms with E-state index in [-0.39, 0.29) is 18.4 Å². The quantitative estimate of drug-likeness (QED) is 0.674. The molecule has 2 heterocycles. The topological polar surface area (TPSA) is 49.9 Å². The van der Waals surface area contributed by atoms with E-state index in [1.54, 1.807) is 23.3 Å². The molecule has 0 radical (unpaired) electrons. The van der Waals surface area contributed by atoms with E-state index in [1.165, 1.54) is 17.6 Å². The molecule has 26 heavy (non-hydrogen) atoms. The minimum Gasteiger partial charge on any atom is -0.468 e. The summed E-state index contributed by atoms with van der Waals surface area (Å²) in [4.78, 5) is 30.1. The van der Waals surface area contributed by atoms with Crippen LogP contribution in [-0.2, 0) is 27.3 Å². The molecular formula is C19H21BrN2O3S. The minimum atomic E-state index is -0.622. The fraction of sp³-hybridized carbons (Fsp3) is 0.368. The zero-order valence-corrected chi connectivity index (χ0v) is 17.2. The van der Waals surface area contributed by atoms with E-state index in [4.69, 9.17) is 4.74 Å². The first-order chi connectivity index (χ1) is 12.5. The number of carbonyl (C=O) groups is 2. The Morgan fingerprint density at radius 3 is 2.92 bits per heavy atom. The fourth-order valence-electron chi connectivity index (χ4n) is 3.22. The lowest BCUT2D eigenvalue weighted by molar-refractivity contribution is -0.148. The molecule has 1 aliphatic heterocycles. The Hall–Kier alpha value is -1.70. The van der Waals surface area contributed by atoms with Crippen molar-refractivity contribution < 1.29 is 14.3 Å². The van der Waals surface area contributed by atoms with Crippen molar-refractivity contribution in [3.05, 3.63) is 56.2 Å². The van der Waals surface area contributed by atoms with E-state index >= 15 is 0 Å². The van der Waals surface area contributed by atoms with Crippen LogP contribution in [0.15, 0.2) is 40.2 Å². The van der Waals surface area contributed by atoms with Crippen LogP contribution in [0.25, 0.3) is 0 Å². The Morgan fingerprint density at radius 2 is 2.19 bits per heavy atom. The number of methoxy groups -OCH3 is 1. The van der Waals surface area contributed by atoms with Crippen molar-refractivity contribution in [3.63, 3.8) is 0 Å². The Morgan fingerprint density at radius 1 is 1.38 bits per heavy atom. The van der Waals surface area contributed by atoms with Crippen LogP contribution in [0.3, 0.4) is 0 Å². The van der Waals surface area contributed by atoms with Gasteiger partial charge in [-0.1, -0.05) is 28.1 Å². The normalized spacial score (nSPS) is 14.8. The van der Waals surface area contributed by atoms with Gasteiger partial charge in [0.1, 0.15) is 6.04 Å². The number of rotatable bonds is 5. The molecule has 1 aromatic carbocycles. The van der Waals surface area contributed by atoms with Gasteiger partial charge in [0.05, 0.1) is 13.7 Å². The van der Waals surface area contributed by atoms with Crippen LogP contribution >= 0.6 is 27.3 Å². The third-order valence-corrected chi connectivity index (χ3v) is 6.09. The molecule has 1 amide bonds. The van der Waals surface area contributed by atoms with Crippen LogP contribution in [0.2, 0.25) is 0 Å². The lowest BCUT2D eigenvalue weighted by atomic mass is 10.1. The van der Waals surface area contributed by atoms with E-state index in [9.17, 15) is 9.59 Å². The highest BCUT2D eigenvalue weighted by atomic mass is 79.9. The third-order valence-electron chi connectivity index (χ3n) is 4.57. The van der Waals surface area contributed by atoms with E-state index in [2.05, 4.69) is 27.4 Å². The SMILES string of the molecule is COC(=O)[C@H](c1cccc(Br)c1)N(C)CC(=O)N1CCc2sccc2C1. The highest BCUT2D eigenvalue weighted by Gasteiger charge is 2.30. The van der Waals surface area contributed by atoms with Gasteiger partial charge in [-0.05, 0) is 48.2 Å². The number of halogens is 1. The summed E-state index contributed by atoms with van der Waals surface area (Å²) in [7, 11) is 3.14. The van der Waals surface area contributed by atoms with E-state index < -0.39 is 6.04 Å². The second-order valence-electron chi connectivity index (χ2n) is 6.33. The molecule has 0 fully saturated rings. The molecule has 2 aromatic rings. The minimum absolute atomic E-state index is 0.0215. The van der Waals surface area contributed by atoms with Crippen LogP contribution in [0.1, 0.15) is 22.0 Å². The fourth-order valence-corrected chi connectivity index (χ4v) is 4.53. The summed E-state index contributed by atoms with van der Waals surface area (Å²) in [6, 6.07) is 8.97. The average molecular weight is 437 g/mol. The predicted molar refractivity (Wildman–Crippen MR) is 105 cm³/mol. The molecular weight excluding hydrogens is 416 g/mol. The highest BCUT2D eigenvalue weighted by Crippen LogP contribution is 2.26. The lowest BCUT2D eigenvalue weighted by Crippen LogP contribution is -2.43. The van der Waals surface area contributed by atoms with Crippen LogP contribution in [0, 0.1) is 0 Å². The Bertz CT molecular complexity index is 808. The standard InChI is InChI=1S/C19H21BrN2O3S/c1-21(18(19(24)25-2)13-4-3-5-15(20)10-13)12-17(23)22-8-6-16-14(11-22)7-9-26-16/h3-5,7,9-10,18H,6,8,11-12H2,1-2H3/t18-/m0/s1. The van der Waals surface area contributed by atoms with Crippen molar-refractivity contribution in [2.24, 2.45) is 0 Å².